The molecule has 2 amide bonds. The lowest BCUT2D eigenvalue weighted by molar-refractivity contribution is -0.182. The number of aromatic nitrogens is 1. The Morgan fingerprint density at radius 1 is 1.16 bits per heavy atom. The number of benzene rings is 2. The number of nitrogens with zero attached hydrogens (tertiary/aromatic N) is 3. The molecule has 2 aromatic carbocycles. The third kappa shape index (κ3) is 3.98. The Morgan fingerprint density at radius 2 is 1.95 bits per heavy atom. The Kier molecular flexibility index (Phi) is 6.01. The minimum Gasteiger partial charge on any atom is -0.384 e. The standard InChI is InChI=1S/C30H29FN4O3/c31-27-23-14-21(22-6-9-26(36)34-28(22)37)16-33-25(23)8-7-24(27)30(38)12-13-35(18-29(30)10-1-11-29)17-20-4-2-19(15-32)3-5-20/h2-5,7-8,14,16,22,38H,1,6,9-13,17-18H2,(H,34,36,37). The fraction of sp³-hybridized carbons (Fsp3) is 0.400. The fourth-order valence-electron chi connectivity index (χ4n) is 6.60. The van der Waals surface area contributed by atoms with Gasteiger partial charge in [0.05, 0.1) is 23.1 Å². The zero-order valence-corrected chi connectivity index (χ0v) is 21.0. The molecule has 2 aliphatic heterocycles. The van der Waals surface area contributed by atoms with E-state index in [0.29, 0.717) is 54.7 Å². The lowest BCUT2D eigenvalue weighted by Gasteiger charge is -2.59. The Balaban J connectivity index is 1.30. The molecule has 2 saturated heterocycles. The number of amides is 2. The number of fused-ring (bicyclic) bond motifs is 1. The lowest BCUT2D eigenvalue weighted by Crippen LogP contribution is -2.61. The number of piperidine rings is 2. The highest BCUT2D eigenvalue weighted by atomic mass is 19.1. The van der Waals surface area contributed by atoms with E-state index in [4.69, 9.17) is 5.26 Å². The van der Waals surface area contributed by atoms with Gasteiger partial charge in [0, 0.05) is 48.6 Å². The molecule has 2 atom stereocenters. The van der Waals surface area contributed by atoms with Gasteiger partial charge < -0.3 is 5.11 Å². The van der Waals surface area contributed by atoms with Crippen LogP contribution in [0.1, 0.15) is 66.7 Å². The van der Waals surface area contributed by atoms with Crippen LogP contribution in [0.25, 0.3) is 10.9 Å². The van der Waals surface area contributed by atoms with Crippen molar-refractivity contribution in [1.82, 2.24) is 15.2 Å². The third-order valence-corrected chi connectivity index (χ3v) is 8.90. The Bertz CT molecular complexity index is 1480. The summed E-state index contributed by atoms with van der Waals surface area (Å²) in [6.07, 6.45) is 5.21. The van der Waals surface area contributed by atoms with Gasteiger partial charge in [0.15, 0.2) is 0 Å². The molecule has 3 heterocycles. The number of hydrogen-bond donors (Lipinski definition) is 2. The Morgan fingerprint density at radius 3 is 2.63 bits per heavy atom. The van der Waals surface area contributed by atoms with Crippen molar-refractivity contribution in [3.8, 4) is 6.07 Å². The van der Waals surface area contributed by atoms with Crippen molar-refractivity contribution >= 4 is 22.7 Å². The molecule has 7 nitrogen and oxygen atoms in total. The topological polar surface area (TPSA) is 106 Å². The molecule has 2 unspecified atom stereocenters. The average Bonchev–Trinajstić information content (AvgIpc) is 2.89. The van der Waals surface area contributed by atoms with E-state index in [1.165, 1.54) is 0 Å². The monoisotopic (exact) mass is 512 g/mol. The van der Waals surface area contributed by atoms with Crippen molar-refractivity contribution in [3.63, 3.8) is 0 Å². The molecule has 1 aliphatic carbocycles. The third-order valence-electron chi connectivity index (χ3n) is 8.90. The van der Waals surface area contributed by atoms with Gasteiger partial charge in [-0.25, -0.2) is 4.39 Å². The molecule has 8 heteroatoms. The van der Waals surface area contributed by atoms with Crippen LogP contribution in [-0.2, 0) is 21.7 Å². The summed E-state index contributed by atoms with van der Waals surface area (Å²) in [6.45, 7) is 1.99. The van der Waals surface area contributed by atoms with Gasteiger partial charge >= 0.3 is 0 Å². The van der Waals surface area contributed by atoms with Crippen LogP contribution in [-0.4, -0.2) is 39.9 Å². The highest BCUT2D eigenvalue weighted by molar-refractivity contribution is 6.01. The molecule has 6 rings (SSSR count). The summed E-state index contributed by atoms with van der Waals surface area (Å²) in [5, 5.41) is 23.9. The largest absolute Gasteiger partial charge is 0.384 e. The van der Waals surface area contributed by atoms with E-state index in [-0.39, 0.29) is 23.6 Å². The molecule has 38 heavy (non-hydrogen) atoms. The molecule has 2 N–H and O–H groups in total. The lowest BCUT2D eigenvalue weighted by atomic mass is 9.54. The molecule has 1 aromatic heterocycles. The van der Waals surface area contributed by atoms with Gasteiger partial charge in [-0.05, 0) is 61.1 Å². The number of nitriles is 1. The molecule has 3 aliphatic rings. The molecule has 0 bridgehead atoms. The first-order chi connectivity index (χ1) is 18.3. The van der Waals surface area contributed by atoms with Crippen molar-refractivity contribution in [1.29, 1.82) is 5.26 Å². The van der Waals surface area contributed by atoms with Crippen molar-refractivity contribution < 1.29 is 19.1 Å². The first-order valence-electron chi connectivity index (χ1n) is 13.2. The van der Waals surface area contributed by atoms with E-state index < -0.39 is 22.8 Å². The van der Waals surface area contributed by atoms with Crippen LogP contribution in [0.15, 0.2) is 48.7 Å². The van der Waals surface area contributed by atoms with Crippen LogP contribution in [0, 0.1) is 22.6 Å². The van der Waals surface area contributed by atoms with Crippen LogP contribution in [0.4, 0.5) is 4.39 Å². The van der Waals surface area contributed by atoms with Gasteiger partial charge in [-0.1, -0.05) is 24.6 Å². The zero-order chi connectivity index (χ0) is 26.5. The minimum absolute atomic E-state index is 0.234. The highest BCUT2D eigenvalue weighted by Gasteiger charge is 2.58. The summed E-state index contributed by atoms with van der Waals surface area (Å²) in [7, 11) is 0. The highest BCUT2D eigenvalue weighted by Crippen LogP contribution is 2.58. The summed E-state index contributed by atoms with van der Waals surface area (Å²) in [4.78, 5) is 30.7. The van der Waals surface area contributed by atoms with Gasteiger partial charge in [-0.3, -0.25) is 24.8 Å². The summed E-state index contributed by atoms with van der Waals surface area (Å²) < 4.78 is 16.2. The Labute approximate surface area is 220 Å². The Hall–Kier alpha value is -3.67. The number of carbonyl (C=O) groups excluding carboxylic acids is 2. The SMILES string of the molecule is N#Cc1ccc(CN2CCC(O)(c3ccc4ncc(C5CCC(=O)NC5=O)cc4c3F)C3(CCC3)C2)cc1. The van der Waals surface area contributed by atoms with Crippen LogP contribution in [0.3, 0.4) is 0 Å². The number of pyridine rings is 1. The predicted molar refractivity (Wildman–Crippen MR) is 138 cm³/mol. The minimum atomic E-state index is -1.31. The number of halogens is 1. The van der Waals surface area contributed by atoms with E-state index in [1.54, 1.807) is 24.4 Å². The van der Waals surface area contributed by atoms with E-state index in [1.807, 2.05) is 24.3 Å². The van der Waals surface area contributed by atoms with Gasteiger partial charge in [0.2, 0.25) is 11.8 Å². The maximum absolute atomic E-state index is 16.2. The van der Waals surface area contributed by atoms with E-state index >= 15 is 4.39 Å². The molecule has 3 fully saturated rings. The summed E-state index contributed by atoms with van der Waals surface area (Å²) in [6, 6.07) is 14.8. The van der Waals surface area contributed by atoms with Crippen LogP contribution < -0.4 is 5.32 Å². The maximum Gasteiger partial charge on any atom is 0.234 e. The second-order valence-corrected chi connectivity index (χ2v) is 11.0. The van der Waals surface area contributed by atoms with Crippen molar-refractivity contribution in [2.75, 3.05) is 13.1 Å². The van der Waals surface area contributed by atoms with Crippen molar-refractivity contribution in [2.45, 2.75) is 56.6 Å². The first kappa shape index (κ1) is 24.7. The normalized spacial score (nSPS) is 25.1. The molecule has 1 saturated carbocycles. The molecular formula is C30H29FN4O3. The van der Waals surface area contributed by atoms with Crippen LogP contribution in [0.5, 0.6) is 0 Å². The zero-order valence-electron chi connectivity index (χ0n) is 21.0. The molecular weight excluding hydrogens is 483 g/mol. The van der Waals surface area contributed by atoms with Gasteiger partial charge in [0.1, 0.15) is 11.4 Å². The molecule has 1 spiro atoms. The molecule has 0 radical (unpaired) electrons. The average molecular weight is 513 g/mol. The smallest absolute Gasteiger partial charge is 0.234 e. The predicted octanol–water partition coefficient (Wildman–Crippen LogP) is 4.03. The number of imide groups is 1. The fourth-order valence-corrected chi connectivity index (χ4v) is 6.60. The van der Waals surface area contributed by atoms with Gasteiger partial charge in [-0.15, -0.1) is 0 Å². The summed E-state index contributed by atoms with van der Waals surface area (Å²) in [5.41, 5.74) is 1.31. The molecule has 194 valence electrons. The number of aliphatic hydroxyl groups is 1. The van der Waals surface area contributed by atoms with Gasteiger partial charge in [-0.2, -0.15) is 5.26 Å². The number of nitrogens with one attached hydrogen (secondary N) is 1. The van der Waals surface area contributed by atoms with E-state index in [2.05, 4.69) is 21.3 Å². The maximum atomic E-state index is 16.2. The number of carbonyl (C=O) groups is 2. The van der Waals surface area contributed by atoms with Gasteiger partial charge in [0.25, 0.3) is 0 Å². The van der Waals surface area contributed by atoms with E-state index in [9.17, 15) is 14.7 Å². The second kappa shape index (κ2) is 9.26. The molecule has 3 aromatic rings. The van der Waals surface area contributed by atoms with Crippen LogP contribution in [0.2, 0.25) is 0 Å². The van der Waals surface area contributed by atoms with Crippen LogP contribution >= 0.6 is 0 Å². The van der Waals surface area contributed by atoms with Crippen molar-refractivity contribution in [3.05, 3.63) is 76.7 Å². The summed E-state index contributed by atoms with van der Waals surface area (Å²) in [5.74, 6) is -1.73. The first-order valence-corrected chi connectivity index (χ1v) is 13.2. The van der Waals surface area contributed by atoms with E-state index in [0.717, 1.165) is 24.8 Å². The van der Waals surface area contributed by atoms with Crippen molar-refractivity contribution in [2.24, 2.45) is 5.41 Å². The number of likely N-dealkylation sites (tertiary alicyclic amines) is 1. The number of rotatable bonds is 4. The summed E-state index contributed by atoms with van der Waals surface area (Å²) >= 11 is 0. The second-order valence-electron chi connectivity index (χ2n) is 11.0. The quantitative estimate of drug-likeness (QED) is 0.512. The number of hydrogen-bond acceptors (Lipinski definition) is 6.